The van der Waals surface area contributed by atoms with Crippen LogP contribution >= 0.6 is 0 Å². The molecule has 4 N–H and O–H groups in total. The highest BCUT2D eigenvalue weighted by atomic mass is 16.3. The highest BCUT2D eigenvalue weighted by molar-refractivity contribution is 6.08. The van der Waals surface area contributed by atoms with E-state index in [0.717, 1.165) is 0 Å². The zero-order chi connectivity index (χ0) is 17.5. The molecule has 7 heteroatoms. The first-order chi connectivity index (χ1) is 10.8. The Hall–Kier alpha value is -1.89. The molecule has 0 aliphatic rings. The van der Waals surface area contributed by atoms with Gasteiger partial charge in [0, 0.05) is 25.7 Å². The Morgan fingerprint density at radius 2 is 1.70 bits per heavy atom. The van der Waals surface area contributed by atoms with E-state index in [2.05, 4.69) is 20.6 Å². The number of aliphatic hydroxyl groups is 1. The highest BCUT2D eigenvalue weighted by Crippen LogP contribution is 2.15. The number of aromatic nitrogens is 2. The summed E-state index contributed by atoms with van der Waals surface area (Å²) in [6, 6.07) is 0. The second-order valence-electron chi connectivity index (χ2n) is 6.63. The largest absolute Gasteiger partial charge is 0.372 e. The topological polar surface area (TPSA) is 107 Å². The quantitative estimate of drug-likeness (QED) is 0.499. The van der Waals surface area contributed by atoms with Crippen LogP contribution in [0.15, 0.2) is 12.5 Å². The number of hydrogen-bond acceptors (Lipinski definition) is 4. The van der Waals surface area contributed by atoms with E-state index >= 15 is 0 Å². The molecular formula is C16H28N4O3. The van der Waals surface area contributed by atoms with Crippen LogP contribution in [0.5, 0.6) is 0 Å². The number of carbonyl (C=O) groups excluding carboxylic acids is 2. The minimum Gasteiger partial charge on any atom is -0.372 e. The monoisotopic (exact) mass is 324 g/mol. The fraction of sp³-hybridized carbons (Fsp3) is 0.688. The molecule has 23 heavy (non-hydrogen) atoms. The van der Waals surface area contributed by atoms with Gasteiger partial charge in [0.25, 0.3) is 11.8 Å². The van der Waals surface area contributed by atoms with Crippen molar-refractivity contribution in [3.63, 3.8) is 0 Å². The Labute approximate surface area is 137 Å². The standard InChI is InChI=1S/C16H28N4O3/c1-11(2)7-18-14(21)16(23,15(22)19-8-12(3)4)6-5-13-9-17-10-20-13/h9-12,23H,5-8H2,1-4H3,(H,17,20)(H,18,21)(H,19,22). The molecule has 0 unspecified atom stereocenters. The maximum absolute atomic E-state index is 12.4. The van der Waals surface area contributed by atoms with Crippen LogP contribution in [0.1, 0.15) is 39.8 Å². The van der Waals surface area contributed by atoms with Gasteiger partial charge < -0.3 is 20.7 Å². The van der Waals surface area contributed by atoms with Crippen molar-refractivity contribution in [2.75, 3.05) is 13.1 Å². The maximum atomic E-state index is 12.4. The molecule has 130 valence electrons. The van der Waals surface area contributed by atoms with E-state index in [1.54, 1.807) is 6.20 Å². The summed E-state index contributed by atoms with van der Waals surface area (Å²) in [5.74, 6) is -0.868. The molecule has 0 spiro atoms. The average Bonchev–Trinajstić information content (AvgIpc) is 3.00. The van der Waals surface area contributed by atoms with Crippen molar-refractivity contribution in [2.24, 2.45) is 11.8 Å². The summed E-state index contributed by atoms with van der Waals surface area (Å²) in [5, 5.41) is 16.0. The van der Waals surface area contributed by atoms with Gasteiger partial charge in [-0.3, -0.25) is 9.59 Å². The van der Waals surface area contributed by atoms with Gasteiger partial charge in [-0.05, 0) is 18.3 Å². The Bertz CT molecular complexity index is 473. The Morgan fingerprint density at radius 1 is 1.17 bits per heavy atom. The summed E-state index contributed by atoms with van der Waals surface area (Å²) in [7, 11) is 0. The van der Waals surface area contributed by atoms with E-state index in [4.69, 9.17) is 0 Å². The number of imidazole rings is 1. The first kappa shape index (κ1) is 19.2. The van der Waals surface area contributed by atoms with Crippen LogP contribution in [0.25, 0.3) is 0 Å². The summed E-state index contributed by atoms with van der Waals surface area (Å²) in [6.07, 6.45) is 3.50. The first-order valence-electron chi connectivity index (χ1n) is 8.02. The number of amides is 2. The fourth-order valence-electron chi connectivity index (χ4n) is 1.95. The summed E-state index contributed by atoms with van der Waals surface area (Å²) in [6.45, 7) is 8.59. The van der Waals surface area contributed by atoms with Crippen LogP contribution in [-0.2, 0) is 16.0 Å². The fourth-order valence-corrected chi connectivity index (χ4v) is 1.95. The minimum atomic E-state index is -2.09. The molecule has 0 saturated carbocycles. The summed E-state index contributed by atoms with van der Waals surface area (Å²) in [5.41, 5.74) is -1.40. The lowest BCUT2D eigenvalue weighted by atomic mass is 9.94. The lowest BCUT2D eigenvalue weighted by molar-refractivity contribution is -0.154. The molecule has 0 radical (unpaired) electrons. The highest BCUT2D eigenvalue weighted by Gasteiger charge is 2.43. The lowest BCUT2D eigenvalue weighted by Crippen LogP contribution is -2.58. The number of carbonyl (C=O) groups is 2. The van der Waals surface area contributed by atoms with Gasteiger partial charge in [-0.2, -0.15) is 0 Å². The van der Waals surface area contributed by atoms with Gasteiger partial charge in [0.15, 0.2) is 0 Å². The lowest BCUT2D eigenvalue weighted by Gasteiger charge is -2.26. The molecule has 0 bridgehead atoms. The van der Waals surface area contributed by atoms with Gasteiger partial charge in [-0.25, -0.2) is 4.98 Å². The molecule has 7 nitrogen and oxygen atoms in total. The zero-order valence-electron chi connectivity index (χ0n) is 14.3. The van der Waals surface area contributed by atoms with Crippen LogP contribution in [0.2, 0.25) is 0 Å². The normalized spacial score (nSPS) is 11.8. The molecule has 1 aromatic heterocycles. The zero-order valence-corrected chi connectivity index (χ0v) is 14.3. The third kappa shape index (κ3) is 6.02. The van der Waals surface area contributed by atoms with Crippen LogP contribution in [-0.4, -0.2) is 45.6 Å². The molecule has 1 aromatic rings. The average molecular weight is 324 g/mol. The second kappa shape index (κ2) is 8.67. The molecule has 0 aliphatic heterocycles. The number of nitrogens with zero attached hydrogens (tertiary/aromatic N) is 1. The van der Waals surface area contributed by atoms with Gasteiger partial charge in [-0.15, -0.1) is 0 Å². The van der Waals surface area contributed by atoms with Crippen molar-refractivity contribution in [1.29, 1.82) is 0 Å². The number of aryl methyl sites for hydroxylation is 1. The van der Waals surface area contributed by atoms with E-state index in [9.17, 15) is 14.7 Å². The van der Waals surface area contributed by atoms with E-state index in [1.165, 1.54) is 6.33 Å². The van der Waals surface area contributed by atoms with E-state index in [-0.39, 0.29) is 18.3 Å². The van der Waals surface area contributed by atoms with Crippen molar-refractivity contribution < 1.29 is 14.7 Å². The molecule has 0 saturated heterocycles. The smallest absolute Gasteiger partial charge is 0.261 e. The third-order valence-corrected chi connectivity index (χ3v) is 3.39. The predicted molar refractivity (Wildman–Crippen MR) is 87.6 cm³/mol. The minimum absolute atomic E-state index is 0.0221. The van der Waals surface area contributed by atoms with E-state index < -0.39 is 17.4 Å². The van der Waals surface area contributed by atoms with Crippen molar-refractivity contribution in [1.82, 2.24) is 20.6 Å². The molecule has 1 heterocycles. The van der Waals surface area contributed by atoms with Crippen molar-refractivity contribution in [3.05, 3.63) is 18.2 Å². The maximum Gasteiger partial charge on any atom is 0.261 e. The first-order valence-corrected chi connectivity index (χ1v) is 8.02. The second-order valence-corrected chi connectivity index (χ2v) is 6.63. The summed E-state index contributed by atoms with van der Waals surface area (Å²) >= 11 is 0. The predicted octanol–water partition coefficient (Wildman–Crippen LogP) is 0.618. The number of nitrogens with one attached hydrogen (secondary N) is 3. The number of rotatable bonds is 9. The van der Waals surface area contributed by atoms with Crippen molar-refractivity contribution in [3.8, 4) is 0 Å². The number of aromatic amines is 1. The number of H-pyrrole nitrogens is 1. The van der Waals surface area contributed by atoms with Gasteiger partial charge >= 0.3 is 0 Å². The Morgan fingerprint density at radius 3 is 2.09 bits per heavy atom. The van der Waals surface area contributed by atoms with Crippen LogP contribution in [0, 0.1) is 11.8 Å². The van der Waals surface area contributed by atoms with Gasteiger partial charge in [-0.1, -0.05) is 27.7 Å². The Balaban J connectivity index is 2.79. The number of hydrogen-bond donors (Lipinski definition) is 4. The van der Waals surface area contributed by atoms with Crippen molar-refractivity contribution >= 4 is 11.8 Å². The van der Waals surface area contributed by atoms with Crippen molar-refractivity contribution in [2.45, 2.75) is 46.1 Å². The molecule has 0 fully saturated rings. The van der Waals surface area contributed by atoms with Crippen LogP contribution in [0.4, 0.5) is 0 Å². The summed E-state index contributed by atoms with van der Waals surface area (Å²) < 4.78 is 0. The van der Waals surface area contributed by atoms with Gasteiger partial charge in [0.05, 0.1) is 12.0 Å². The molecular weight excluding hydrogens is 296 g/mol. The Kier molecular flexibility index (Phi) is 7.22. The van der Waals surface area contributed by atoms with Gasteiger partial charge in [0.2, 0.25) is 5.60 Å². The molecule has 1 rings (SSSR count). The van der Waals surface area contributed by atoms with Crippen LogP contribution in [0.3, 0.4) is 0 Å². The molecule has 2 amide bonds. The molecule has 0 aromatic carbocycles. The molecule has 0 atom stereocenters. The van der Waals surface area contributed by atoms with Gasteiger partial charge in [0.1, 0.15) is 0 Å². The van der Waals surface area contributed by atoms with Crippen LogP contribution < -0.4 is 10.6 Å². The SMILES string of the molecule is CC(C)CNC(=O)C(O)(CCc1c[nH]cn1)C(=O)NCC(C)C. The third-order valence-electron chi connectivity index (χ3n) is 3.39. The van der Waals surface area contributed by atoms with E-state index in [1.807, 2.05) is 27.7 Å². The van der Waals surface area contributed by atoms with E-state index in [0.29, 0.717) is 25.2 Å². The summed E-state index contributed by atoms with van der Waals surface area (Å²) in [4.78, 5) is 31.6. The molecule has 0 aliphatic carbocycles.